The minimum absolute atomic E-state index is 0.0272. The average molecular weight is 354 g/mol. The second kappa shape index (κ2) is 7.35. The van der Waals surface area contributed by atoms with Gasteiger partial charge < -0.3 is 15.3 Å². The smallest absolute Gasteiger partial charge is 0.210 e. The highest BCUT2D eigenvalue weighted by molar-refractivity contribution is 5.37. The van der Waals surface area contributed by atoms with E-state index in [4.69, 9.17) is 5.11 Å². The Hall–Kier alpha value is -1.95. The summed E-state index contributed by atoms with van der Waals surface area (Å²) in [5, 5.41) is 28.9. The number of aromatic hydroxyl groups is 1. The van der Waals surface area contributed by atoms with Gasteiger partial charge in [0.25, 0.3) is 0 Å². The van der Waals surface area contributed by atoms with E-state index in [2.05, 4.69) is 34.1 Å². The molecule has 1 aromatic heterocycles. The second-order valence-electron chi connectivity index (χ2n) is 7.83. The Bertz CT molecular complexity index is 710. The fourth-order valence-corrected chi connectivity index (χ4v) is 4.41. The van der Waals surface area contributed by atoms with Crippen LogP contribution in [-0.4, -0.2) is 50.9 Å². The van der Waals surface area contributed by atoms with Crippen LogP contribution in [-0.2, 0) is 6.42 Å². The average Bonchev–Trinajstić information content (AvgIpc) is 3.12. The zero-order chi connectivity index (χ0) is 18.1. The van der Waals surface area contributed by atoms with Gasteiger partial charge in [0, 0.05) is 37.5 Å². The van der Waals surface area contributed by atoms with Gasteiger partial charge in [0.05, 0.1) is 12.2 Å². The molecule has 3 N–H and O–H groups in total. The first-order valence-corrected chi connectivity index (χ1v) is 9.38. The van der Waals surface area contributed by atoms with Crippen LogP contribution in [0, 0.1) is 11.8 Å². The number of nitrogens with zero attached hydrogens (tertiary/aromatic N) is 2. The molecule has 0 amide bonds. The fraction of sp³-hybridized carbons (Fsp3) is 0.476. The molecule has 2 bridgehead atoms. The van der Waals surface area contributed by atoms with Crippen molar-refractivity contribution in [1.82, 2.24) is 9.88 Å². The van der Waals surface area contributed by atoms with Gasteiger partial charge in [-0.3, -0.25) is 4.90 Å². The van der Waals surface area contributed by atoms with Crippen molar-refractivity contribution in [2.24, 2.45) is 11.8 Å². The van der Waals surface area contributed by atoms with Crippen LogP contribution in [0.5, 0.6) is 5.88 Å². The molecular formula is C21H26N2O3. The molecule has 1 aliphatic heterocycles. The Balaban J connectivity index is 0.000000198. The van der Waals surface area contributed by atoms with Crippen LogP contribution in [0.25, 0.3) is 0 Å². The lowest BCUT2D eigenvalue weighted by Crippen LogP contribution is -2.28. The van der Waals surface area contributed by atoms with E-state index in [-0.39, 0.29) is 12.0 Å². The van der Waals surface area contributed by atoms with E-state index in [9.17, 15) is 10.2 Å². The maximum Gasteiger partial charge on any atom is 0.210 e. The monoisotopic (exact) mass is 354 g/mol. The predicted molar refractivity (Wildman–Crippen MR) is 98.8 cm³/mol. The van der Waals surface area contributed by atoms with E-state index in [1.165, 1.54) is 29.8 Å². The van der Waals surface area contributed by atoms with Crippen molar-refractivity contribution >= 4 is 0 Å². The highest BCUT2D eigenvalue weighted by Gasteiger charge is 2.40. The molecule has 0 radical (unpaired) electrons. The van der Waals surface area contributed by atoms with Crippen LogP contribution in [0.4, 0.5) is 0 Å². The first-order valence-electron chi connectivity index (χ1n) is 9.38. The van der Waals surface area contributed by atoms with Crippen molar-refractivity contribution in [2.75, 3.05) is 19.6 Å². The van der Waals surface area contributed by atoms with Crippen molar-refractivity contribution in [2.45, 2.75) is 31.5 Å². The maximum absolute atomic E-state index is 10.2. The highest BCUT2D eigenvalue weighted by Crippen LogP contribution is 2.38. The number of aliphatic hydroxyl groups excluding tert-OH is 2. The van der Waals surface area contributed by atoms with Crippen LogP contribution in [0.15, 0.2) is 42.6 Å². The molecule has 2 aromatic rings. The number of β-amino-alcohol motifs (C(OH)–C–C–N with tert-alkyl or cyclic N) is 1. The summed E-state index contributed by atoms with van der Waals surface area (Å²) in [7, 11) is 0. The summed E-state index contributed by atoms with van der Waals surface area (Å²) in [6.45, 7) is 2.52. The van der Waals surface area contributed by atoms with E-state index in [0.29, 0.717) is 18.4 Å². The number of pyridine rings is 1. The topological polar surface area (TPSA) is 76.8 Å². The van der Waals surface area contributed by atoms with Crippen molar-refractivity contribution in [3.05, 3.63) is 59.3 Å². The number of likely N-dealkylation sites (tertiary alicyclic amines) is 1. The summed E-state index contributed by atoms with van der Waals surface area (Å²) in [6, 6.07) is 11.8. The molecule has 2 fully saturated rings. The predicted octanol–water partition coefficient (Wildman–Crippen LogP) is 2.11. The third kappa shape index (κ3) is 3.90. The number of rotatable bonds is 3. The first kappa shape index (κ1) is 17.5. The molecule has 6 rings (SSSR count). The Morgan fingerprint density at radius 2 is 1.73 bits per heavy atom. The largest absolute Gasteiger partial charge is 0.493 e. The summed E-state index contributed by atoms with van der Waals surface area (Å²) in [5.41, 5.74) is 3.70. The standard InChI is InChI=1S/C14H20N2O3.C7H6/c17-12-3-10-6-16(7-11(10)4-12)8-13(18)9-1-2-14(19)15-5-9;1-2-6-4-7(3-1)5-6/h1-2,5,10-13,17-18H,3-4,6-8H2,(H,15,19);1-4H,5H2/t10-,11+,12?,13?;. The molecule has 1 aromatic carbocycles. The maximum atomic E-state index is 10.2. The number of hydrogen-bond donors (Lipinski definition) is 3. The zero-order valence-electron chi connectivity index (χ0n) is 14.8. The highest BCUT2D eigenvalue weighted by atomic mass is 16.3. The quantitative estimate of drug-likeness (QED) is 0.672. The van der Waals surface area contributed by atoms with Gasteiger partial charge in [-0.05, 0) is 48.3 Å². The number of aromatic nitrogens is 1. The molecule has 3 aliphatic carbocycles. The lowest BCUT2D eigenvalue weighted by atomic mass is 9.94. The third-order valence-electron chi connectivity index (χ3n) is 5.79. The van der Waals surface area contributed by atoms with Gasteiger partial charge in [0.1, 0.15) is 0 Å². The van der Waals surface area contributed by atoms with Crippen LogP contribution >= 0.6 is 0 Å². The van der Waals surface area contributed by atoms with Crippen molar-refractivity contribution in [3.63, 3.8) is 0 Å². The molecule has 138 valence electrons. The Kier molecular flexibility index (Phi) is 4.94. The summed E-state index contributed by atoms with van der Waals surface area (Å²) in [5.74, 6) is 1.14. The van der Waals surface area contributed by atoms with Gasteiger partial charge in [0.2, 0.25) is 5.88 Å². The van der Waals surface area contributed by atoms with Crippen LogP contribution in [0.3, 0.4) is 0 Å². The van der Waals surface area contributed by atoms with Gasteiger partial charge in [-0.1, -0.05) is 24.3 Å². The SMILES string of the molecule is Oc1ccc(C(O)CN2C[C@H]3CC(O)C[C@H]3C2)cn1.c1cc2cc(c1)C2. The molecule has 4 atom stereocenters. The van der Waals surface area contributed by atoms with E-state index in [1.54, 1.807) is 6.07 Å². The lowest BCUT2D eigenvalue weighted by molar-refractivity contribution is 0.113. The molecule has 4 aliphatic rings. The molecule has 5 nitrogen and oxygen atoms in total. The number of fused-ring (bicyclic) bond motifs is 3. The molecule has 0 spiro atoms. The Labute approximate surface area is 153 Å². The minimum Gasteiger partial charge on any atom is -0.493 e. The normalized spacial score (nSPS) is 27.2. The van der Waals surface area contributed by atoms with Crippen molar-refractivity contribution in [3.8, 4) is 5.88 Å². The molecule has 2 unspecified atom stereocenters. The second-order valence-corrected chi connectivity index (χ2v) is 7.83. The van der Waals surface area contributed by atoms with Gasteiger partial charge in [-0.15, -0.1) is 0 Å². The molecular weight excluding hydrogens is 328 g/mol. The van der Waals surface area contributed by atoms with Crippen LogP contribution in [0.1, 0.15) is 35.6 Å². The molecule has 26 heavy (non-hydrogen) atoms. The van der Waals surface area contributed by atoms with E-state index < -0.39 is 6.10 Å². The van der Waals surface area contributed by atoms with Crippen LogP contribution in [0.2, 0.25) is 0 Å². The number of hydrogen-bond acceptors (Lipinski definition) is 5. The van der Waals surface area contributed by atoms with Crippen molar-refractivity contribution in [1.29, 1.82) is 0 Å². The van der Waals surface area contributed by atoms with E-state index >= 15 is 0 Å². The summed E-state index contributed by atoms with van der Waals surface area (Å²) < 4.78 is 0. The van der Waals surface area contributed by atoms with Gasteiger partial charge in [0.15, 0.2) is 0 Å². The van der Waals surface area contributed by atoms with E-state index in [1.807, 2.05) is 0 Å². The number of aliphatic hydroxyl groups is 2. The fourth-order valence-electron chi connectivity index (χ4n) is 4.41. The van der Waals surface area contributed by atoms with Gasteiger partial charge in [-0.2, -0.15) is 0 Å². The Morgan fingerprint density at radius 1 is 1.08 bits per heavy atom. The van der Waals surface area contributed by atoms with Crippen molar-refractivity contribution < 1.29 is 15.3 Å². The third-order valence-corrected chi connectivity index (χ3v) is 5.79. The minimum atomic E-state index is -0.572. The Morgan fingerprint density at radius 3 is 2.19 bits per heavy atom. The zero-order valence-corrected chi connectivity index (χ0v) is 14.8. The van der Waals surface area contributed by atoms with Gasteiger partial charge in [-0.25, -0.2) is 4.98 Å². The molecule has 1 saturated carbocycles. The first-order chi connectivity index (χ1) is 12.6. The van der Waals surface area contributed by atoms with E-state index in [0.717, 1.165) is 31.5 Å². The number of benzene rings is 1. The van der Waals surface area contributed by atoms with Gasteiger partial charge >= 0.3 is 0 Å². The lowest BCUT2D eigenvalue weighted by Gasteiger charge is -2.21. The molecule has 1 saturated heterocycles. The summed E-state index contributed by atoms with van der Waals surface area (Å²) >= 11 is 0. The summed E-state index contributed by atoms with van der Waals surface area (Å²) in [4.78, 5) is 6.05. The molecule has 2 heterocycles. The summed E-state index contributed by atoms with van der Waals surface area (Å²) in [6.07, 6.45) is 3.84. The van der Waals surface area contributed by atoms with Crippen LogP contribution < -0.4 is 0 Å². The molecule has 5 heteroatoms.